The molecule has 8 nitrogen and oxygen atoms in total. The van der Waals surface area contributed by atoms with E-state index in [9.17, 15) is 19.2 Å². The molecule has 1 atom stereocenters. The molecule has 9 heteroatoms. The zero-order valence-corrected chi connectivity index (χ0v) is 21.2. The standard InChI is InChI=1S/C26H29BrN4O4/c1-30(20-12-8-11-19(27)16-20)23(33)21(15-18-9-4-2-5-10-18)28-22(32)17-31-24(34)26(29-25(31)35)13-6-3-7-14-26/h2,4-5,8-12,16,21H,3,6-7,13-15,17H2,1H3,(H,28,32)(H,29,35)/t21-/m0/s1. The van der Waals surface area contributed by atoms with Crippen molar-refractivity contribution in [3.05, 3.63) is 64.6 Å². The number of rotatable bonds is 7. The summed E-state index contributed by atoms with van der Waals surface area (Å²) in [6, 6.07) is 15.3. The molecule has 2 fully saturated rings. The first-order chi connectivity index (χ1) is 16.8. The maximum absolute atomic E-state index is 13.4. The van der Waals surface area contributed by atoms with Gasteiger partial charge in [-0.1, -0.05) is 71.6 Å². The lowest BCUT2D eigenvalue weighted by Gasteiger charge is -2.30. The summed E-state index contributed by atoms with van der Waals surface area (Å²) in [6.07, 6.45) is 4.20. The third kappa shape index (κ3) is 5.56. The van der Waals surface area contributed by atoms with Crippen molar-refractivity contribution in [3.63, 3.8) is 0 Å². The molecule has 0 radical (unpaired) electrons. The highest BCUT2D eigenvalue weighted by atomic mass is 79.9. The number of amides is 5. The lowest BCUT2D eigenvalue weighted by molar-refractivity contribution is -0.136. The van der Waals surface area contributed by atoms with Crippen molar-refractivity contribution in [3.8, 4) is 0 Å². The highest BCUT2D eigenvalue weighted by Crippen LogP contribution is 2.33. The summed E-state index contributed by atoms with van der Waals surface area (Å²) in [5.74, 6) is -1.21. The largest absolute Gasteiger partial charge is 0.342 e. The van der Waals surface area contributed by atoms with Gasteiger partial charge in [0.05, 0.1) is 0 Å². The van der Waals surface area contributed by atoms with Crippen LogP contribution in [0.3, 0.4) is 0 Å². The van der Waals surface area contributed by atoms with Crippen LogP contribution in [-0.2, 0) is 20.8 Å². The molecule has 1 saturated heterocycles. The number of benzene rings is 2. The Morgan fingerprint density at radius 1 is 1.09 bits per heavy atom. The molecule has 1 aliphatic heterocycles. The van der Waals surface area contributed by atoms with Gasteiger partial charge in [-0.25, -0.2) is 4.79 Å². The zero-order valence-electron chi connectivity index (χ0n) is 19.6. The van der Waals surface area contributed by atoms with Gasteiger partial charge in [0.1, 0.15) is 18.1 Å². The summed E-state index contributed by atoms with van der Waals surface area (Å²) in [7, 11) is 1.65. The van der Waals surface area contributed by atoms with Crippen LogP contribution in [0.5, 0.6) is 0 Å². The lowest BCUT2D eigenvalue weighted by Crippen LogP contribution is -2.52. The predicted octanol–water partition coefficient (Wildman–Crippen LogP) is 3.39. The highest BCUT2D eigenvalue weighted by molar-refractivity contribution is 9.10. The van der Waals surface area contributed by atoms with Crippen molar-refractivity contribution in [2.24, 2.45) is 0 Å². The van der Waals surface area contributed by atoms with E-state index < -0.39 is 30.1 Å². The van der Waals surface area contributed by atoms with Gasteiger partial charge in [0, 0.05) is 23.6 Å². The zero-order chi connectivity index (χ0) is 25.0. The first-order valence-corrected chi connectivity index (χ1v) is 12.6. The van der Waals surface area contributed by atoms with E-state index in [2.05, 4.69) is 26.6 Å². The molecule has 2 aliphatic rings. The second-order valence-electron chi connectivity index (χ2n) is 9.15. The molecule has 184 valence electrons. The molecule has 0 bridgehead atoms. The maximum atomic E-state index is 13.4. The van der Waals surface area contributed by atoms with Gasteiger partial charge in [-0.2, -0.15) is 0 Å². The fourth-order valence-electron chi connectivity index (χ4n) is 4.79. The Hall–Kier alpha value is -3.20. The summed E-state index contributed by atoms with van der Waals surface area (Å²) in [4.78, 5) is 54.5. The van der Waals surface area contributed by atoms with E-state index in [4.69, 9.17) is 0 Å². The van der Waals surface area contributed by atoms with Crippen LogP contribution in [0.25, 0.3) is 0 Å². The number of imide groups is 1. The average Bonchev–Trinajstić information content (AvgIpc) is 3.07. The van der Waals surface area contributed by atoms with E-state index in [1.165, 1.54) is 4.90 Å². The van der Waals surface area contributed by atoms with Crippen LogP contribution >= 0.6 is 15.9 Å². The Kier molecular flexibility index (Phi) is 7.54. The number of carbonyl (C=O) groups excluding carboxylic acids is 4. The molecule has 5 amide bonds. The second kappa shape index (κ2) is 10.6. The van der Waals surface area contributed by atoms with E-state index in [-0.39, 0.29) is 18.2 Å². The number of hydrogen-bond donors (Lipinski definition) is 2. The Balaban J connectivity index is 1.49. The number of hydrogen-bond acceptors (Lipinski definition) is 4. The molecule has 2 N–H and O–H groups in total. The van der Waals surface area contributed by atoms with Crippen LogP contribution in [0.15, 0.2) is 59.1 Å². The minimum atomic E-state index is -0.893. The number of carbonyl (C=O) groups is 4. The minimum Gasteiger partial charge on any atom is -0.342 e. The van der Waals surface area contributed by atoms with Gasteiger partial charge < -0.3 is 15.5 Å². The maximum Gasteiger partial charge on any atom is 0.325 e. The topological polar surface area (TPSA) is 98.8 Å². The van der Waals surface area contributed by atoms with E-state index >= 15 is 0 Å². The summed E-state index contributed by atoms with van der Waals surface area (Å²) in [6.45, 7) is -0.425. The van der Waals surface area contributed by atoms with E-state index in [0.717, 1.165) is 34.2 Å². The average molecular weight is 541 g/mol. The summed E-state index contributed by atoms with van der Waals surface area (Å²) in [5.41, 5.74) is 0.658. The second-order valence-corrected chi connectivity index (χ2v) is 10.1. The van der Waals surface area contributed by atoms with Crippen molar-refractivity contribution < 1.29 is 19.2 Å². The molecule has 4 rings (SSSR count). The van der Waals surface area contributed by atoms with Gasteiger partial charge in [0.2, 0.25) is 11.8 Å². The van der Waals surface area contributed by atoms with Crippen molar-refractivity contribution in [2.75, 3.05) is 18.5 Å². The summed E-state index contributed by atoms with van der Waals surface area (Å²) < 4.78 is 0.827. The molecule has 1 heterocycles. The number of likely N-dealkylation sites (N-methyl/N-ethyl adjacent to an activating group) is 1. The molecule has 1 saturated carbocycles. The molecular weight excluding hydrogens is 512 g/mol. The molecule has 1 spiro atoms. The summed E-state index contributed by atoms with van der Waals surface area (Å²) in [5, 5.41) is 5.59. The van der Waals surface area contributed by atoms with Crippen LogP contribution in [0.4, 0.5) is 10.5 Å². The number of anilines is 1. The van der Waals surface area contributed by atoms with Crippen LogP contribution in [0.1, 0.15) is 37.7 Å². The quantitative estimate of drug-likeness (QED) is 0.525. The van der Waals surface area contributed by atoms with Gasteiger partial charge in [-0.3, -0.25) is 19.3 Å². The Bertz CT molecular complexity index is 1120. The molecule has 2 aromatic rings. The van der Waals surface area contributed by atoms with E-state index in [1.54, 1.807) is 13.1 Å². The summed E-state index contributed by atoms with van der Waals surface area (Å²) >= 11 is 3.42. The Labute approximate surface area is 213 Å². The normalized spacial score (nSPS) is 17.7. The van der Waals surface area contributed by atoms with Crippen LogP contribution in [0.2, 0.25) is 0 Å². The SMILES string of the molecule is CN(C(=O)[C@H](Cc1ccccc1)NC(=O)CN1C(=O)NC2(CCCCC2)C1=O)c1cccc(Br)c1. The number of urea groups is 1. The Morgan fingerprint density at radius 3 is 2.49 bits per heavy atom. The van der Waals surface area contributed by atoms with Crippen molar-refractivity contribution in [1.82, 2.24) is 15.5 Å². The first kappa shape index (κ1) is 24.9. The molecule has 0 aromatic heterocycles. The van der Waals surface area contributed by atoms with Gasteiger partial charge in [-0.15, -0.1) is 0 Å². The number of halogens is 1. The van der Waals surface area contributed by atoms with E-state index in [0.29, 0.717) is 18.5 Å². The van der Waals surface area contributed by atoms with Gasteiger partial charge >= 0.3 is 6.03 Å². The minimum absolute atomic E-state index is 0.272. The monoisotopic (exact) mass is 540 g/mol. The van der Waals surface area contributed by atoms with Crippen molar-refractivity contribution in [2.45, 2.75) is 50.1 Å². The molecule has 0 unspecified atom stereocenters. The predicted molar refractivity (Wildman–Crippen MR) is 136 cm³/mol. The fraction of sp³-hybridized carbons (Fsp3) is 0.385. The van der Waals surface area contributed by atoms with Crippen LogP contribution in [0, 0.1) is 0 Å². The van der Waals surface area contributed by atoms with Crippen molar-refractivity contribution >= 4 is 45.4 Å². The number of nitrogens with zero attached hydrogens (tertiary/aromatic N) is 2. The first-order valence-electron chi connectivity index (χ1n) is 11.8. The smallest absolute Gasteiger partial charge is 0.325 e. The third-order valence-electron chi connectivity index (χ3n) is 6.70. The molecule has 1 aliphatic carbocycles. The molecule has 35 heavy (non-hydrogen) atoms. The highest BCUT2D eigenvalue weighted by Gasteiger charge is 2.51. The van der Waals surface area contributed by atoms with Crippen molar-refractivity contribution in [1.29, 1.82) is 0 Å². The molecular formula is C26H29BrN4O4. The lowest BCUT2D eigenvalue weighted by atomic mass is 9.82. The fourth-order valence-corrected chi connectivity index (χ4v) is 5.18. The van der Waals surface area contributed by atoms with Gasteiger partial charge in [0.25, 0.3) is 5.91 Å². The van der Waals surface area contributed by atoms with E-state index in [1.807, 2.05) is 48.5 Å². The Morgan fingerprint density at radius 2 is 1.80 bits per heavy atom. The van der Waals surface area contributed by atoms with Crippen LogP contribution in [-0.4, -0.2) is 53.8 Å². The molecule has 2 aromatic carbocycles. The van der Waals surface area contributed by atoms with Gasteiger partial charge in [0.15, 0.2) is 0 Å². The van der Waals surface area contributed by atoms with Gasteiger partial charge in [-0.05, 0) is 36.6 Å². The van der Waals surface area contributed by atoms with Crippen LogP contribution < -0.4 is 15.5 Å². The number of nitrogens with one attached hydrogen (secondary N) is 2. The third-order valence-corrected chi connectivity index (χ3v) is 7.19.